The molecule has 0 saturated heterocycles. The van der Waals surface area contributed by atoms with E-state index >= 15 is 0 Å². The SMILES string of the molecule is O=[N+]([O-])c1cc(S(=O)(=O)C(F)(F)I)ccc1Nc1ccc(F)cc1. The molecule has 11 heteroatoms. The highest BCUT2D eigenvalue weighted by atomic mass is 127. The molecule has 0 aromatic heterocycles. The fourth-order valence-electron chi connectivity index (χ4n) is 1.76. The predicted octanol–water partition coefficient (Wildman–Crippen LogP) is 4.24. The third kappa shape index (κ3) is 3.77. The Labute approximate surface area is 147 Å². The van der Waals surface area contributed by atoms with Crippen molar-refractivity contribution in [1.82, 2.24) is 0 Å². The number of nitrogens with zero attached hydrogens (tertiary/aromatic N) is 1. The van der Waals surface area contributed by atoms with Crippen LogP contribution in [0.15, 0.2) is 47.4 Å². The molecule has 0 aliphatic rings. The number of nitrogens with one attached hydrogen (secondary N) is 1. The summed E-state index contributed by atoms with van der Waals surface area (Å²) in [5.41, 5.74) is -0.530. The van der Waals surface area contributed by atoms with Gasteiger partial charge >= 0.3 is 3.26 Å². The quantitative estimate of drug-likeness (QED) is 0.305. The van der Waals surface area contributed by atoms with Gasteiger partial charge in [-0.3, -0.25) is 10.1 Å². The summed E-state index contributed by atoms with van der Waals surface area (Å²) in [7, 11) is -5.06. The lowest BCUT2D eigenvalue weighted by Crippen LogP contribution is -2.21. The summed E-state index contributed by atoms with van der Waals surface area (Å²) in [5.74, 6) is -0.513. The molecule has 0 heterocycles. The first-order chi connectivity index (χ1) is 11.0. The van der Waals surface area contributed by atoms with E-state index in [-0.39, 0.29) is 5.69 Å². The molecule has 2 rings (SSSR count). The summed E-state index contributed by atoms with van der Waals surface area (Å²) in [6, 6.07) is 7.23. The van der Waals surface area contributed by atoms with Gasteiger partial charge in [-0.2, -0.15) is 8.78 Å². The van der Waals surface area contributed by atoms with Gasteiger partial charge in [0, 0.05) is 34.3 Å². The minimum Gasteiger partial charge on any atom is -0.350 e. The Morgan fingerprint density at radius 1 is 1.12 bits per heavy atom. The van der Waals surface area contributed by atoms with Gasteiger partial charge in [-0.1, -0.05) is 0 Å². The molecule has 0 unspecified atom stereocenters. The largest absolute Gasteiger partial charge is 0.398 e. The van der Waals surface area contributed by atoms with Crippen molar-refractivity contribution in [3.63, 3.8) is 0 Å². The number of hydrogen-bond acceptors (Lipinski definition) is 5. The first kappa shape index (κ1) is 18.4. The van der Waals surface area contributed by atoms with Crippen LogP contribution in [0, 0.1) is 15.9 Å². The first-order valence-corrected chi connectivity index (χ1v) is 8.71. The molecule has 0 radical (unpaired) electrons. The van der Waals surface area contributed by atoms with Gasteiger partial charge in [-0.25, -0.2) is 12.8 Å². The number of hydrogen-bond donors (Lipinski definition) is 1. The average molecular weight is 472 g/mol. The molecule has 0 bridgehead atoms. The fourth-order valence-corrected chi connectivity index (χ4v) is 3.30. The monoisotopic (exact) mass is 472 g/mol. The zero-order valence-electron chi connectivity index (χ0n) is 11.5. The van der Waals surface area contributed by atoms with Crippen molar-refractivity contribution >= 4 is 49.5 Å². The van der Waals surface area contributed by atoms with Gasteiger partial charge in [-0.15, -0.1) is 0 Å². The third-order valence-corrected chi connectivity index (χ3v) is 6.13. The van der Waals surface area contributed by atoms with Crippen LogP contribution in [0.25, 0.3) is 0 Å². The molecule has 1 N–H and O–H groups in total. The lowest BCUT2D eigenvalue weighted by atomic mass is 10.2. The van der Waals surface area contributed by atoms with Gasteiger partial charge in [-0.05, 0) is 36.4 Å². The molecule has 2 aromatic carbocycles. The van der Waals surface area contributed by atoms with Crippen molar-refractivity contribution in [3.8, 4) is 0 Å². The van der Waals surface area contributed by atoms with Gasteiger partial charge < -0.3 is 5.32 Å². The number of benzene rings is 2. The Morgan fingerprint density at radius 2 is 1.71 bits per heavy atom. The highest BCUT2D eigenvalue weighted by molar-refractivity contribution is 14.1. The zero-order chi connectivity index (χ0) is 18.1. The topological polar surface area (TPSA) is 89.3 Å². The molecule has 0 spiro atoms. The number of nitro groups is 1. The maximum Gasteiger partial charge on any atom is 0.398 e. The highest BCUT2D eigenvalue weighted by Crippen LogP contribution is 2.38. The second-order valence-electron chi connectivity index (χ2n) is 4.52. The van der Waals surface area contributed by atoms with E-state index in [1.165, 1.54) is 12.1 Å². The van der Waals surface area contributed by atoms with Crippen LogP contribution >= 0.6 is 22.6 Å². The fraction of sp³-hybridized carbons (Fsp3) is 0.0769. The Balaban J connectivity index is 2.48. The van der Waals surface area contributed by atoms with Crippen LogP contribution in [0.5, 0.6) is 0 Å². The van der Waals surface area contributed by atoms with E-state index < -0.39 is 34.4 Å². The van der Waals surface area contributed by atoms with E-state index in [4.69, 9.17) is 0 Å². The summed E-state index contributed by atoms with van der Waals surface area (Å²) in [6.07, 6.45) is 0. The van der Waals surface area contributed by atoms with Gasteiger partial charge in [0.15, 0.2) is 0 Å². The smallest absolute Gasteiger partial charge is 0.350 e. The number of anilines is 2. The summed E-state index contributed by atoms with van der Waals surface area (Å²) in [4.78, 5) is 9.33. The zero-order valence-corrected chi connectivity index (χ0v) is 14.5. The molecule has 24 heavy (non-hydrogen) atoms. The summed E-state index contributed by atoms with van der Waals surface area (Å²) in [5, 5.41) is 13.7. The van der Waals surface area contributed by atoms with Gasteiger partial charge in [0.25, 0.3) is 15.5 Å². The maximum absolute atomic E-state index is 13.2. The molecule has 2 aromatic rings. The number of alkyl halides is 3. The molecule has 0 saturated carbocycles. The van der Waals surface area contributed by atoms with E-state index in [1.54, 1.807) is 0 Å². The number of nitro benzene ring substituents is 1. The van der Waals surface area contributed by atoms with Crippen LogP contribution in [-0.2, 0) is 9.84 Å². The normalized spacial score (nSPS) is 12.0. The molecule has 6 nitrogen and oxygen atoms in total. The summed E-state index contributed by atoms with van der Waals surface area (Å²) in [6.45, 7) is 0. The van der Waals surface area contributed by atoms with Crippen LogP contribution in [0.1, 0.15) is 0 Å². The van der Waals surface area contributed by atoms with Gasteiger partial charge in [0.05, 0.1) is 9.82 Å². The van der Waals surface area contributed by atoms with Crippen LogP contribution in [0.3, 0.4) is 0 Å². The van der Waals surface area contributed by atoms with Crippen LogP contribution < -0.4 is 5.32 Å². The molecular formula is C13H8F3IN2O4S. The second-order valence-corrected chi connectivity index (χ2v) is 8.59. The second kappa shape index (κ2) is 6.55. The van der Waals surface area contributed by atoms with E-state index in [9.17, 15) is 31.7 Å². The van der Waals surface area contributed by atoms with Crippen molar-refractivity contribution in [2.45, 2.75) is 8.16 Å². The van der Waals surface area contributed by atoms with Crippen molar-refractivity contribution in [1.29, 1.82) is 0 Å². The predicted molar refractivity (Wildman–Crippen MR) is 88.9 cm³/mol. The van der Waals surface area contributed by atoms with Gasteiger partial charge in [0.1, 0.15) is 11.5 Å². The Hall–Kier alpha value is -1.89. The molecular weight excluding hydrogens is 464 g/mol. The minimum atomic E-state index is -5.06. The van der Waals surface area contributed by atoms with E-state index in [0.717, 1.165) is 24.3 Å². The summed E-state index contributed by atoms with van der Waals surface area (Å²) < 4.78 is 58.5. The standard InChI is InChI=1S/C13H8F3IN2O4S/c14-8-1-3-9(4-2-8)18-11-6-5-10(7-12(11)19(20)21)24(22,23)13(15,16)17/h1-7,18H. The van der Waals surface area contributed by atoms with Crippen molar-refractivity contribution < 1.29 is 26.5 Å². The van der Waals surface area contributed by atoms with Crippen molar-refractivity contribution in [2.75, 3.05) is 5.32 Å². The van der Waals surface area contributed by atoms with Crippen LogP contribution in [0.4, 0.5) is 30.2 Å². The molecule has 0 atom stereocenters. The molecule has 0 aliphatic heterocycles. The number of sulfone groups is 1. The van der Waals surface area contributed by atoms with Gasteiger partial charge in [0.2, 0.25) is 0 Å². The average Bonchev–Trinajstić information content (AvgIpc) is 2.48. The molecule has 0 amide bonds. The lowest BCUT2D eigenvalue weighted by Gasteiger charge is -2.12. The van der Waals surface area contributed by atoms with Crippen LogP contribution in [-0.4, -0.2) is 16.6 Å². The van der Waals surface area contributed by atoms with Crippen molar-refractivity contribution in [3.05, 3.63) is 58.4 Å². The summed E-state index contributed by atoms with van der Waals surface area (Å²) >= 11 is 0.440. The Kier molecular flexibility index (Phi) is 5.03. The minimum absolute atomic E-state index is 0.123. The van der Waals surface area contributed by atoms with Crippen molar-refractivity contribution in [2.24, 2.45) is 0 Å². The number of halogens is 4. The lowest BCUT2D eigenvalue weighted by molar-refractivity contribution is -0.384. The highest BCUT2D eigenvalue weighted by Gasteiger charge is 2.43. The molecule has 0 aliphatic carbocycles. The van der Waals surface area contributed by atoms with E-state index in [1.807, 2.05) is 0 Å². The maximum atomic E-state index is 13.2. The molecule has 0 fully saturated rings. The Morgan fingerprint density at radius 3 is 2.21 bits per heavy atom. The van der Waals surface area contributed by atoms with E-state index in [0.29, 0.717) is 34.3 Å². The first-order valence-electron chi connectivity index (χ1n) is 6.15. The van der Waals surface area contributed by atoms with E-state index in [2.05, 4.69) is 5.32 Å². The molecule has 128 valence electrons. The Bertz CT molecular complexity index is 883. The number of rotatable bonds is 5. The third-order valence-electron chi connectivity index (χ3n) is 2.90. The van der Waals surface area contributed by atoms with Crippen LogP contribution in [0.2, 0.25) is 0 Å².